The van der Waals surface area contributed by atoms with Gasteiger partial charge in [-0.25, -0.2) is 0 Å². The molecule has 1 aliphatic carbocycles. The number of nitrogens with one attached hydrogen (secondary N) is 1. The lowest BCUT2D eigenvalue weighted by Crippen LogP contribution is -2.41. The molecule has 1 saturated heterocycles. The van der Waals surface area contributed by atoms with Gasteiger partial charge in [0.05, 0.1) is 12.5 Å². The molecule has 86 valence electrons. The molecule has 2 rings (SSSR count). The molecular formula is C12H21NO2. The maximum Gasteiger partial charge on any atom is 0.308 e. The van der Waals surface area contributed by atoms with E-state index in [9.17, 15) is 4.79 Å². The van der Waals surface area contributed by atoms with Crippen molar-refractivity contribution in [2.75, 3.05) is 19.7 Å². The SMILES string of the molecule is CCOC(=O)C1CCC2CNCCC2C1. The molecule has 2 fully saturated rings. The van der Waals surface area contributed by atoms with Crippen molar-refractivity contribution in [1.29, 1.82) is 0 Å². The van der Waals surface area contributed by atoms with Crippen LogP contribution in [-0.2, 0) is 9.53 Å². The maximum absolute atomic E-state index is 11.6. The Kier molecular flexibility index (Phi) is 3.62. The number of hydrogen-bond acceptors (Lipinski definition) is 3. The first-order valence-electron chi connectivity index (χ1n) is 6.18. The van der Waals surface area contributed by atoms with Crippen molar-refractivity contribution < 1.29 is 9.53 Å². The highest BCUT2D eigenvalue weighted by molar-refractivity contribution is 5.72. The van der Waals surface area contributed by atoms with E-state index >= 15 is 0 Å². The number of ether oxygens (including phenoxy) is 1. The van der Waals surface area contributed by atoms with Crippen LogP contribution in [0.1, 0.15) is 32.6 Å². The van der Waals surface area contributed by atoms with E-state index in [0.29, 0.717) is 6.61 Å². The summed E-state index contributed by atoms with van der Waals surface area (Å²) in [5.41, 5.74) is 0. The molecule has 0 amide bonds. The number of rotatable bonds is 2. The predicted octanol–water partition coefficient (Wildman–Crippen LogP) is 1.58. The van der Waals surface area contributed by atoms with E-state index in [-0.39, 0.29) is 11.9 Å². The summed E-state index contributed by atoms with van der Waals surface area (Å²) >= 11 is 0. The van der Waals surface area contributed by atoms with Crippen molar-refractivity contribution in [2.45, 2.75) is 32.6 Å². The normalized spacial score (nSPS) is 35.7. The Labute approximate surface area is 91.6 Å². The number of carbonyl (C=O) groups is 1. The summed E-state index contributed by atoms with van der Waals surface area (Å²) in [4.78, 5) is 11.6. The third-order valence-electron chi connectivity index (χ3n) is 3.86. The van der Waals surface area contributed by atoms with E-state index in [1.165, 1.54) is 12.8 Å². The molecule has 1 aliphatic heterocycles. The predicted molar refractivity (Wildman–Crippen MR) is 58.4 cm³/mol. The Morgan fingerprint density at radius 3 is 3.00 bits per heavy atom. The Morgan fingerprint density at radius 2 is 2.20 bits per heavy atom. The number of esters is 1. The molecule has 3 unspecified atom stereocenters. The monoisotopic (exact) mass is 211 g/mol. The summed E-state index contributed by atoms with van der Waals surface area (Å²) in [6, 6.07) is 0. The second-order valence-electron chi connectivity index (χ2n) is 4.77. The van der Waals surface area contributed by atoms with Crippen molar-refractivity contribution in [1.82, 2.24) is 5.32 Å². The van der Waals surface area contributed by atoms with Crippen molar-refractivity contribution in [3.63, 3.8) is 0 Å². The molecule has 3 nitrogen and oxygen atoms in total. The molecule has 1 N–H and O–H groups in total. The number of piperidine rings is 1. The summed E-state index contributed by atoms with van der Waals surface area (Å²) in [7, 11) is 0. The molecular weight excluding hydrogens is 190 g/mol. The van der Waals surface area contributed by atoms with Gasteiger partial charge in [0.15, 0.2) is 0 Å². The zero-order valence-electron chi connectivity index (χ0n) is 9.50. The van der Waals surface area contributed by atoms with Gasteiger partial charge in [0.25, 0.3) is 0 Å². The van der Waals surface area contributed by atoms with Gasteiger partial charge in [-0.1, -0.05) is 0 Å². The number of fused-ring (bicyclic) bond motifs is 1. The molecule has 0 aromatic heterocycles. The van der Waals surface area contributed by atoms with Crippen molar-refractivity contribution in [3.8, 4) is 0 Å². The summed E-state index contributed by atoms with van der Waals surface area (Å²) in [5.74, 6) is 1.79. The van der Waals surface area contributed by atoms with Gasteiger partial charge in [-0.05, 0) is 57.5 Å². The highest BCUT2D eigenvalue weighted by atomic mass is 16.5. The summed E-state index contributed by atoms with van der Waals surface area (Å²) in [6.07, 6.45) is 4.52. The molecule has 0 radical (unpaired) electrons. The maximum atomic E-state index is 11.6. The standard InChI is InChI=1S/C12H21NO2/c1-2-15-12(14)10-3-4-11-8-13-6-5-9(11)7-10/h9-11,13H,2-8H2,1H3. The molecule has 0 bridgehead atoms. The van der Waals surface area contributed by atoms with Gasteiger partial charge >= 0.3 is 5.97 Å². The summed E-state index contributed by atoms with van der Waals surface area (Å²) < 4.78 is 5.11. The molecule has 1 heterocycles. The van der Waals surface area contributed by atoms with Gasteiger partial charge in [0.2, 0.25) is 0 Å². The Hall–Kier alpha value is -0.570. The third-order valence-corrected chi connectivity index (χ3v) is 3.86. The fraction of sp³-hybridized carbons (Fsp3) is 0.917. The lowest BCUT2D eigenvalue weighted by atomic mass is 9.71. The van der Waals surface area contributed by atoms with Crippen LogP contribution in [0.5, 0.6) is 0 Å². The Balaban J connectivity index is 1.87. The topological polar surface area (TPSA) is 38.3 Å². The third kappa shape index (κ3) is 2.51. The molecule has 1 saturated carbocycles. The fourth-order valence-corrected chi connectivity index (χ4v) is 3.00. The number of carbonyl (C=O) groups excluding carboxylic acids is 1. The minimum Gasteiger partial charge on any atom is -0.466 e. The van der Waals surface area contributed by atoms with Crippen LogP contribution in [0.2, 0.25) is 0 Å². The first-order valence-corrected chi connectivity index (χ1v) is 6.18. The van der Waals surface area contributed by atoms with Crippen LogP contribution in [0.15, 0.2) is 0 Å². The highest BCUT2D eigenvalue weighted by Gasteiger charge is 2.35. The Morgan fingerprint density at radius 1 is 1.33 bits per heavy atom. The van der Waals surface area contributed by atoms with E-state index in [1.54, 1.807) is 0 Å². The summed E-state index contributed by atoms with van der Waals surface area (Å²) in [5, 5.41) is 3.44. The van der Waals surface area contributed by atoms with Gasteiger partial charge in [-0.3, -0.25) is 4.79 Å². The highest BCUT2D eigenvalue weighted by Crippen LogP contribution is 2.37. The lowest BCUT2D eigenvalue weighted by Gasteiger charge is -2.38. The van der Waals surface area contributed by atoms with Gasteiger partial charge in [0, 0.05) is 0 Å². The smallest absolute Gasteiger partial charge is 0.308 e. The molecule has 15 heavy (non-hydrogen) atoms. The van der Waals surface area contributed by atoms with E-state index in [0.717, 1.165) is 37.8 Å². The first-order chi connectivity index (χ1) is 7.31. The van der Waals surface area contributed by atoms with Gasteiger partial charge < -0.3 is 10.1 Å². The molecule has 2 aliphatic rings. The summed E-state index contributed by atoms with van der Waals surface area (Å²) in [6.45, 7) is 4.68. The van der Waals surface area contributed by atoms with E-state index in [4.69, 9.17) is 4.74 Å². The van der Waals surface area contributed by atoms with Crippen LogP contribution in [0, 0.1) is 17.8 Å². The molecule has 0 spiro atoms. The Bertz CT molecular complexity index is 230. The van der Waals surface area contributed by atoms with Crippen molar-refractivity contribution in [2.24, 2.45) is 17.8 Å². The zero-order chi connectivity index (χ0) is 10.7. The van der Waals surface area contributed by atoms with E-state index < -0.39 is 0 Å². The second kappa shape index (κ2) is 4.97. The van der Waals surface area contributed by atoms with E-state index in [2.05, 4.69) is 5.32 Å². The van der Waals surface area contributed by atoms with Crippen LogP contribution in [0.4, 0.5) is 0 Å². The van der Waals surface area contributed by atoms with Gasteiger partial charge in [-0.2, -0.15) is 0 Å². The minimum absolute atomic E-state index is 0.0366. The van der Waals surface area contributed by atoms with Crippen molar-refractivity contribution in [3.05, 3.63) is 0 Å². The molecule has 0 aromatic carbocycles. The zero-order valence-corrected chi connectivity index (χ0v) is 9.50. The van der Waals surface area contributed by atoms with E-state index in [1.807, 2.05) is 6.92 Å². The quantitative estimate of drug-likeness (QED) is 0.705. The largest absolute Gasteiger partial charge is 0.466 e. The average molecular weight is 211 g/mol. The van der Waals surface area contributed by atoms with Crippen molar-refractivity contribution >= 4 is 5.97 Å². The average Bonchev–Trinajstić information content (AvgIpc) is 2.29. The van der Waals surface area contributed by atoms with Crippen LogP contribution in [-0.4, -0.2) is 25.7 Å². The second-order valence-corrected chi connectivity index (χ2v) is 4.77. The molecule has 0 aromatic rings. The first kappa shape index (κ1) is 10.9. The van der Waals surface area contributed by atoms with Gasteiger partial charge in [0.1, 0.15) is 0 Å². The number of hydrogen-bond donors (Lipinski definition) is 1. The fourth-order valence-electron chi connectivity index (χ4n) is 3.00. The van der Waals surface area contributed by atoms with Crippen LogP contribution < -0.4 is 5.32 Å². The molecule has 3 atom stereocenters. The van der Waals surface area contributed by atoms with Crippen LogP contribution >= 0.6 is 0 Å². The lowest BCUT2D eigenvalue weighted by molar-refractivity contribution is -0.150. The molecule has 3 heteroatoms. The van der Waals surface area contributed by atoms with Crippen LogP contribution in [0.25, 0.3) is 0 Å². The minimum atomic E-state index is 0.0366. The van der Waals surface area contributed by atoms with Crippen LogP contribution in [0.3, 0.4) is 0 Å². The van der Waals surface area contributed by atoms with Gasteiger partial charge in [-0.15, -0.1) is 0 Å².